The lowest BCUT2D eigenvalue weighted by Gasteiger charge is -2.29. The summed E-state index contributed by atoms with van der Waals surface area (Å²) in [6.45, 7) is 0.438. The fourth-order valence-electron chi connectivity index (χ4n) is 4.72. The zero-order valence-corrected chi connectivity index (χ0v) is 17.9. The van der Waals surface area contributed by atoms with Crippen molar-refractivity contribution in [3.05, 3.63) is 52.4 Å². The van der Waals surface area contributed by atoms with Crippen molar-refractivity contribution in [3.8, 4) is 0 Å². The largest absolute Gasteiger partial charge is 0.481 e. The lowest BCUT2D eigenvalue weighted by Crippen LogP contribution is -2.34. The van der Waals surface area contributed by atoms with Gasteiger partial charge in [0.2, 0.25) is 10.0 Å². The summed E-state index contributed by atoms with van der Waals surface area (Å²) in [6.07, 6.45) is 10.9. The van der Waals surface area contributed by atoms with E-state index in [1.165, 1.54) is 18.2 Å². The Morgan fingerprint density at radius 1 is 1.28 bits per heavy atom. The molecule has 7 heteroatoms. The molecule has 0 radical (unpaired) electrons. The number of unbranched alkanes of at least 4 members (excludes halogenated alkanes) is 1. The maximum Gasteiger partial charge on any atom is 0.303 e. The number of hydrogen-bond donors (Lipinski definition) is 2. The Kier molecular flexibility index (Phi) is 7.55. The quantitative estimate of drug-likeness (QED) is 0.410. The highest BCUT2D eigenvalue weighted by Crippen LogP contribution is 2.52. The van der Waals surface area contributed by atoms with E-state index in [9.17, 15) is 13.2 Å². The number of allylic oxidation sites excluding steroid dienone is 2. The highest BCUT2D eigenvalue weighted by Gasteiger charge is 2.46. The van der Waals surface area contributed by atoms with Gasteiger partial charge >= 0.3 is 5.97 Å². The van der Waals surface area contributed by atoms with Gasteiger partial charge < -0.3 is 5.11 Å². The molecule has 0 aliphatic heterocycles. The van der Waals surface area contributed by atoms with E-state index < -0.39 is 16.0 Å². The van der Waals surface area contributed by atoms with Gasteiger partial charge in [-0.2, -0.15) is 0 Å². The van der Waals surface area contributed by atoms with Crippen LogP contribution < -0.4 is 4.72 Å². The highest BCUT2D eigenvalue weighted by molar-refractivity contribution is 7.92. The Labute approximate surface area is 177 Å². The van der Waals surface area contributed by atoms with Crippen LogP contribution in [0.2, 0.25) is 5.02 Å². The lowest BCUT2D eigenvalue weighted by molar-refractivity contribution is -0.137. The third kappa shape index (κ3) is 6.43. The summed E-state index contributed by atoms with van der Waals surface area (Å²) in [5, 5.41) is 10.5. The zero-order valence-electron chi connectivity index (χ0n) is 16.3. The van der Waals surface area contributed by atoms with Crippen LogP contribution in [0.5, 0.6) is 0 Å². The van der Waals surface area contributed by atoms with Crippen molar-refractivity contribution in [2.24, 2.45) is 23.7 Å². The molecule has 4 atom stereocenters. The van der Waals surface area contributed by atoms with Crippen LogP contribution in [0.4, 0.5) is 0 Å². The van der Waals surface area contributed by atoms with Crippen LogP contribution in [0, 0.1) is 23.7 Å². The third-order valence-corrected chi connectivity index (χ3v) is 7.38. The van der Waals surface area contributed by atoms with Crippen LogP contribution in [0.15, 0.2) is 41.8 Å². The Balaban J connectivity index is 1.56. The molecule has 2 bridgehead atoms. The Morgan fingerprint density at radius 3 is 2.83 bits per heavy atom. The minimum Gasteiger partial charge on any atom is -0.481 e. The summed E-state index contributed by atoms with van der Waals surface area (Å²) < 4.78 is 27.6. The van der Waals surface area contributed by atoms with Crippen molar-refractivity contribution < 1.29 is 18.3 Å². The van der Waals surface area contributed by atoms with E-state index in [0.717, 1.165) is 18.4 Å². The van der Waals surface area contributed by atoms with Crippen molar-refractivity contribution in [2.45, 2.75) is 38.5 Å². The van der Waals surface area contributed by atoms with Gasteiger partial charge in [0.25, 0.3) is 0 Å². The second-order valence-corrected chi connectivity index (χ2v) is 10.1. The summed E-state index contributed by atoms with van der Waals surface area (Å²) in [4.78, 5) is 10.6. The Bertz CT molecular complexity index is 881. The number of benzene rings is 1. The van der Waals surface area contributed by atoms with E-state index in [4.69, 9.17) is 16.7 Å². The molecule has 3 rings (SSSR count). The second kappa shape index (κ2) is 9.92. The molecular formula is C22H28ClNO4S. The van der Waals surface area contributed by atoms with Gasteiger partial charge in [0.05, 0.1) is 0 Å². The zero-order chi connectivity index (χ0) is 20.9. The third-order valence-electron chi connectivity index (χ3n) is 6.09. The van der Waals surface area contributed by atoms with Crippen molar-refractivity contribution >= 4 is 33.7 Å². The topological polar surface area (TPSA) is 83.5 Å². The maximum absolute atomic E-state index is 12.4. The van der Waals surface area contributed by atoms with Crippen LogP contribution >= 0.6 is 11.6 Å². The Morgan fingerprint density at radius 2 is 2.07 bits per heavy atom. The summed E-state index contributed by atoms with van der Waals surface area (Å²) in [5.74, 6) is 1.09. The molecule has 2 aliphatic rings. The number of halogens is 1. The van der Waals surface area contributed by atoms with Crippen molar-refractivity contribution in [1.82, 2.24) is 4.72 Å². The molecule has 4 unspecified atom stereocenters. The first kappa shape index (κ1) is 22.1. The molecule has 2 aliphatic carbocycles. The molecule has 29 heavy (non-hydrogen) atoms. The molecule has 0 aromatic heterocycles. The first-order valence-corrected chi connectivity index (χ1v) is 12.1. The predicted octanol–water partition coefficient (Wildman–Crippen LogP) is 4.70. The molecule has 158 valence electrons. The molecule has 1 aromatic rings. The smallest absolute Gasteiger partial charge is 0.303 e. The van der Waals surface area contributed by atoms with Crippen LogP contribution in [0.3, 0.4) is 0 Å². The van der Waals surface area contributed by atoms with E-state index in [-0.39, 0.29) is 6.42 Å². The highest BCUT2D eigenvalue weighted by atomic mass is 35.5. The van der Waals surface area contributed by atoms with Gasteiger partial charge in [-0.15, -0.1) is 0 Å². The fraction of sp³-hybridized carbons (Fsp3) is 0.500. The number of sulfonamides is 1. The normalized spacial score (nSPS) is 26.7. The number of fused-ring (bicyclic) bond motifs is 2. The van der Waals surface area contributed by atoms with E-state index >= 15 is 0 Å². The number of rotatable bonds is 10. The van der Waals surface area contributed by atoms with Gasteiger partial charge in [0, 0.05) is 23.4 Å². The predicted molar refractivity (Wildman–Crippen MR) is 116 cm³/mol. The van der Waals surface area contributed by atoms with Crippen molar-refractivity contribution in [2.75, 3.05) is 6.54 Å². The first-order chi connectivity index (χ1) is 13.8. The number of carboxylic acids is 1. The molecule has 5 nitrogen and oxygen atoms in total. The second-order valence-electron chi connectivity index (χ2n) is 8.04. The molecule has 0 spiro atoms. The minimum absolute atomic E-state index is 0.184. The molecule has 0 heterocycles. The van der Waals surface area contributed by atoms with Crippen molar-refractivity contribution in [1.29, 1.82) is 0 Å². The molecule has 0 saturated heterocycles. The lowest BCUT2D eigenvalue weighted by atomic mass is 9.79. The van der Waals surface area contributed by atoms with Gasteiger partial charge in [0.15, 0.2) is 0 Å². The van der Waals surface area contributed by atoms with E-state index in [0.29, 0.717) is 41.7 Å². The van der Waals surface area contributed by atoms with Gasteiger partial charge in [-0.05, 0) is 79.5 Å². The molecule has 2 fully saturated rings. The molecule has 2 N–H and O–H groups in total. The van der Waals surface area contributed by atoms with Gasteiger partial charge in [-0.25, -0.2) is 13.1 Å². The number of aliphatic carboxylic acids is 1. The minimum atomic E-state index is -3.52. The van der Waals surface area contributed by atoms with Crippen LogP contribution in [-0.4, -0.2) is 26.0 Å². The number of hydrogen-bond acceptors (Lipinski definition) is 3. The van der Waals surface area contributed by atoms with Gasteiger partial charge in [-0.1, -0.05) is 35.9 Å². The molecule has 1 aromatic carbocycles. The van der Waals surface area contributed by atoms with E-state index in [1.807, 2.05) is 0 Å². The standard InChI is InChI=1S/C22H28ClNO4S/c23-19-6-4-5-16(13-19)11-12-29(27,28)24-15-21-18-10-9-17(14-18)20(21)7-2-1-3-8-22(25)26/h2,4-7,11-13,17-18,20-21,24H,1,3,8-10,14-15H2,(H,25,26). The van der Waals surface area contributed by atoms with Crippen molar-refractivity contribution in [3.63, 3.8) is 0 Å². The number of carbonyl (C=O) groups is 1. The number of nitrogens with one attached hydrogen (secondary N) is 1. The first-order valence-electron chi connectivity index (χ1n) is 10.2. The fourth-order valence-corrected chi connectivity index (χ4v) is 5.78. The molecular weight excluding hydrogens is 410 g/mol. The average Bonchev–Trinajstić information content (AvgIpc) is 3.26. The maximum atomic E-state index is 12.4. The van der Waals surface area contributed by atoms with Gasteiger partial charge in [-0.3, -0.25) is 4.79 Å². The molecule has 0 amide bonds. The monoisotopic (exact) mass is 437 g/mol. The van der Waals surface area contributed by atoms with E-state index in [1.54, 1.807) is 30.3 Å². The van der Waals surface area contributed by atoms with E-state index in [2.05, 4.69) is 16.9 Å². The van der Waals surface area contributed by atoms with Crippen LogP contribution in [-0.2, 0) is 14.8 Å². The summed E-state index contributed by atoms with van der Waals surface area (Å²) in [5.41, 5.74) is 0.741. The number of carboxylic acid groups (broad SMARTS) is 1. The van der Waals surface area contributed by atoms with Crippen LogP contribution in [0.1, 0.15) is 44.1 Å². The summed E-state index contributed by atoms with van der Waals surface area (Å²) in [6, 6.07) is 7.05. The summed E-state index contributed by atoms with van der Waals surface area (Å²) in [7, 11) is -3.52. The van der Waals surface area contributed by atoms with Crippen LogP contribution in [0.25, 0.3) is 6.08 Å². The van der Waals surface area contributed by atoms with Gasteiger partial charge in [0.1, 0.15) is 0 Å². The summed E-state index contributed by atoms with van der Waals surface area (Å²) >= 11 is 5.94. The molecule has 2 saturated carbocycles. The average molecular weight is 438 g/mol. The SMILES string of the molecule is O=C(O)CCCC=CC1C2CCC(C2)C1CNS(=O)(=O)C=Cc1cccc(Cl)c1. The Hall–Kier alpha value is -1.63.